The van der Waals surface area contributed by atoms with Crippen molar-refractivity contribution in [3.63, 3.8) is 0 Å². The zero-order valence-electron chi connectivity index (χ0n) is 13.1. The number of nitriles is 1. The number of hydrogen-bond donors (Lipinski definition) is 1. The van der Waals surface area contributed by atoms with Crippen LogP contribution in [0.1, 0.15) is 5.56 Å². The van der Waals surface area contributed by atoms with Crippen LogP contribution in [0.3, 0.4) is 0 Å². The van der Waals surface area contributed by atoms with Crippen LogP contribution in [-0.4, -0.2) is 15.7 Å². The molecule has 122 valence electrons. The van der Waals surface area contributed by atoms with Crippen LogP contribution < -0.4 is 5.73 Å². The number of nitrogens with zero attached hydrogens (tertiary/aromatic N) is 3. The van der Waals surface area contributed by atoms with Gasteiger partial charge in [0, 0.05) is 17.3 Å². The lowest BCUT2D eigenvalue weighted by Crippen LogP contribution is -2.12. The van der Waals surface area contributed by atoms with Gasteiger partial charge in [0.05, 0.1) is 11.4 Å². The molecule has 0 atom stereocenters. The Bertz CT molecular complexity index is 983. The van der Waals surface area contributed by atoms with Gasteiger partial charge in [0.2, 0.25) is 0 Å². The van der Waals surface area contributed by atoms with E-state index in [-0.39, 0.29) is 11.4 Å². The second kappa shape index (κ2) is 6.81. The molecule has 25 heavy (non-hydrogen) atoms. The summed E-state index contributed by atoms with van der Waals surface area (Å²) < 4.78 is 14.8. The average molecular weight is 332 g/mol. The summed E-state index contributed by atoms with van der Waals surface area (Å²) in [6.07, 6.45) is 3.07. The molecule has 0 saturated carbocycles. The number of amides is 1. The molecule has 0 fully saturated rings. The summed E-state index contributed by atoms with van der Waals surface area (Å²) in [5, 5.41) is 13.6. The zero-order chi connectivity index (χ0) is 17.8. The van der Waals surface area contributed by atoms with Gasteiger partial charge in [-0.3, -0.25) is 4.79 Å². The van der Waals surface area contributed by atoms with Gasteiger partial charge in [-0.1, -0.05) is 18.2 Å². The van der Waals surface area contributed by atoms with Crippen molar-refractivity contribution < 1.29 is 9.18 Å². The fourth-order valence-corrected chi connectivity index (χ4v) is 2.35. The Labute approximate surface area is 143 Å². The molecule has 0 spiro atoms. The molecular weight excluding hydrogens is 319 g/mol. The van der Waals surface area contributed by atoms with Crippen LogP contribution in [-0.2, 0) is 4.79 Å². The van der Waals surface area contributed by atoms with Crippen LogP contribution in [0, 0.1) is 17.1 Å². The highest BCUT2D eigenvalue weighted by Crippen LogP contribution is 2.26. The van der Waals surface area contributed by atoms with E-state index < -0.39 is 5.91 Å². The van der Waals surface area contributed by atoms with Gasteiger partial charge in [-0.15, -0.1) is 0 Å². The smallest absolute Gasteiger partial charge is 0.259 e. The van der Waals surface area contributed by atoms with Gasteiger partial charge in [-0.05, 0) is 42.5 Å². The lowest BCUT2D eigenvalue weighted by atomic mass is 10.1. The number of primary amides is 1. The molecule has 5 nitrogen and oxygen atoms in total. The van der Waals surface area contributed by atoms with Crippen molar-refractivity contribution in [3.8, 4) is 23.0 Å². The number of carbonyl (C=O) groups is 1. The number of hydrogen-bond acceptors (Lipinski definition) is 3. The van der Waals surface area contributed by atoms with Crippen molar-refractivity contribution in [2.24, 2.45) is 5.73 Å². The summed E-state index contributed by atoms with van der Waals surface area (Å²) in [5.41, 5.74) is 7.54. The maximum Gasteiger partial charge on any atom is 0.259 e. The summed E-state index contributed by atoms with van der Waals surface area (Å²) in [7, 11) is 0. The van der Waals surface area contributed by atoms with Crippen molar-refractivity contribution in [2.75, 3.05) is 0 Å². The van der Waals surface area contributed by atoms with Gasteiger partial charge in [0.1, 0.15) is 17.5 Å². The van der Waals surface area contributed by atoms with E-state index in [0.717, 1.165) is 5.69 Å². The molecule has 1 amide bonds. The normalized spacial score (nSPS) is 11.1. The quantitative estimate of drug-likeness (QED) is 0.588. The molecule has 0 saturated heterocycles. The molecule has 6 heteroatoms. The summed E-state index contributed by atoms with van der Waals surface area (Å²) in [4.78, 5) is 11.4. The first-order valence-corrected chi connectivity index (χ1v) is 7.41. The molecule has 0 aliphatic rings. The Morgan fingerprint density at radius 2 is 1.84 bits per heavy atom. The van der Waals surface area contributed by atoms with Crippen molar-refractivity contribution >= 4 is 12.0 Å². The molecular formula is C19H13FN4O. The van der Waals surface area contributed by atoms with E-state index >= 15 is 0 Å². The molecule has 0 radical (unpaired) electrons. The number of aromatic nitrogens is 2. The minimum absolute atomic E-state index is 0.184. The van der Waals surface area contributed by atoms with Crippen LogP contribution >= 0.6 is 0 Å². The number of para-hydroxylation sites is 1. The van der Waals surface area contributed by atoms with E-state index in [9.17, 15) is 9.18 Å². The summed E-state index contributed by atoms with van der Waals surface area (Å²) in [5.74, 6) is -1.18. The predicted molar refractivity (Wildman–Crippen MR) is 91.7 cm³/mol. The highest BCUT2D eigenvalue weighted by atomic mass is 19.1. The van der Waals surface area contributed by atoms with Crippen LogP contribution in [0.4, 0.5) is 4.39 Å². The van der Waals surface area contributed by atoms with Crippen LogP contribution in [0.5, 0.6) is 0 Å². The van der Waals surface area contributed by atoms with Gasteiger partial charge < -0.3 is 5.73 Å². The van der Waals surface area contributed by atoms with Crippen LogP contribution in [0.15, 0.2) is 66.4 Å². The summed E-state index contributed by atoms with van der Waals surface area (Å²) >= 11 is 0. The first kappa shape index (κ1) is 16.1. The monoisotopic (exact) mass is 332 g/mol. The van der Waals surface area contributed by atoms with E-state index in [4.69, 9.17) is 11.0 Å². The number of halogens is 1. The maximum absolute atomic E-state index is 13.2. The Balaban J connectivity index is 2.18. The second-order valence-corrected chi connectivity index (χ2v) is 5.25. The van der Waals surface area contributed by atoms with Crippen LogP contribution in [0.2, 0.25) is 0 Å². The zero-order valence-corrected chi connectivity index (χ0v) is 13.1. The van der Waals surface area contributed by atoms with Gasteiger partial charge in [-0.2, -0.15) is 10.4 Å². The van der Waals surface area contributed by atoms with Crippen molar-refractivity contribution in [2.45, 2.75) is 0 Å². The van der Waals surface area contributed by atoms with Crippen molar-refractivity contribution in [1.29, 1.82) is 5.26 Å². The van der Waals surface area contributed by atoms with Crippen LogP contribution in [0.25, 0.3) is 23.0 Å². The number of carbonyl (C=O) groups excluding carboxylic acids is 1. The molecule has 0 aliphatic heterocycles. The molecule has 2 aromatic carbocycles. The molecule has 3 aromatic rings. The standard InChI is InChI=1S/C19H13FN4O/c20-16-8-6-13(7-9-16)18-15(10-14(11-21)19(22)25)12-24(23-18)17-4-2-1-3-5-17/h1-10,12H,(H2,22,25)/b14-10+. The third-order valence-corrected chi connectivity index (χ3v) is 3.57. The molecule has 1 aromatic heterocycles. The minimum atomic E-state index is -0.819. The second-order valence-electron chi connectivity index (χ2n) is 5.25. The Morgan fingerprint density at radius 1 is 1.16 bits per heavy atom. The van der Waals surface area contributed by atoms with Crippen molar-refractivity contribution in [3.05, 3.63) is 77.7 Å². The highest BCUT2D eigenvalue weighted by Gasteiger charge is 2.13. The summed E-state index contributed by atoms with van der Waals surface area (Å²) in [6, 6.07) is 17.0. The molecule has 0 unspecified atom stereocenters. The van der Waals surface area contributed by atoms with E-state index in [0.29, 0.717) is 16.8 Å². The number of nitrogens with two attached hydrogens (primary N) is 1. The van der Waals surface area contributed by atoms with Crippen molar-refractivity contribution in [1.82, 2.24) is 9.78 Å². The lowest BCUT2D eigenvalue weighted by Gasteiger charge is -2.00. The average Bonchev–Trinajstić information content (AvgIpc) is 3.04. The fourth-order valence-electron chi connectivity index (χ4n) is 2.35. The van der Waals surface area contributed by atoms with Gasteiger partial charge >= 0.3 is 0 Å². The van der Waals surface area contributed by atoms with E-state index in [1.165, 1.54) is 18.2 Å². The first-order valence-electron chi connectivity index (χ1n) is 7.41. The highest BCUT2D eigenvalue weighted by molar-refractivity contribution is 6.01. The number of rotatable bonds is 4. The van der Waals surface area contributed by atoms with E-state index in [1.807, 2.05) is 30.3 Å². The first-order chi connectivity index (χ1) is 12.1. The maximum atomic E-state index is 13.2. The van der Waals surface area contributed by atoms with E-state index in [2.05, 4.69) is 5.10 Å². The Kier molecular flexibility index (Phi) is 4.40. The van der Waals surface area contributed by atoms with Gasteiger partial charge in [0.15, 0.2) is 0 Å². The Morgan fingerprint density at radius 3 is 2.44 bits per heavy atom. The van der Waals surface area contributed by atoms with E-state index in [1.54, 1.807) is 29.1 Å². The third kappa shape index (κ3) is 3.46. The number of benzene rings is 2. The lowest BCUT2D eigenvalue weighted by molar-refractivity contribution is -0.114. The SMILES string of the molecule is N#C/C(=C\c1cn(-c2ccccc2)nc1-c1ccc(F)cc1)C(N)=O. The fraction of sp³-hybridized carbons (Fsp3) is 0. The predicted octanol–water partition coefficient (Wildman–Crippen LogP) is 3.07. The molecule has 2 N–H and O–H groups in total. The third-order valence-electron chi connectivity index (χ3n) is 3.57. The minimum Gasteiger partial charge on any atom is -0.365 e. The summed E-state index contributed by atoms with van der Waals surface area (Å²) in [6.45, 7) is 0. The molecule has 3 rings (SSSR count). The van der Waals surface area contributed by atoms with Gasteiger partial charge in [0.25, 0.3) is 5.91 Å². The Hall–Kier alpha value is -3.72. The largest absolute Gasteiger partial charge is 0.365 e. The van der Waals surface area contributed by atoms with Gasteiger partial charge in [-0.25, -0.2) is 9.07 Å². The molecule has 0 aliphatic carbocycles. The topological polar surface area (TPSA) is 84.7 Å². The molecule has 1 heterocycles. The molecule has 0 bridgehead atoms.